The quantitative estimate of drug-likeness (QED) is 0.708. The number of nitrogens with one attached hydrogen (secondary N) is 1. The molecule has 9 heteroatoms. The van der Waals surface area contributed by atoms with Crippen molar-refractivity contribution in [1.82, 2.24) is 35.5 Å². The van der Waals surface area contributed by atoms with Crippen LogP contribution in [0.5, 0.6) is 0 Å². The van der Waals surface area contributed by atoms with Gasteiger partial charge in [-0.15, -0.1) is 10.2 Å². The van der Waals surface area contributed by atoms with Crippen LogP contribution in [0.4, 0.5) is 0 Å². The van der Waals surface area contributed by atoms with E-state index in [1.807, 2.05) is 10.7 Å². The Bertz CT molecular complexity index is 916. The summed E-state index contributed by atoms with van der Waals surface area (Å²) in [7, 11) is 0. The van der Waals surface area contributed by atoms with Crippen molar-refractivity contribution in [2.24, 2.45) is 5.73 Å². The lowest BCUT2D eigenvalue weighted by Crippen LogP contribution is -2.16. The Morgan fingerprint density at radius 3 is 2.92 bits per heavy atom. The van der Waals surface area contributed by atoms with Crippen LogP contribution in [0.15, 0.2) is 36.9 Å². The zero-order valence-corrected chi connectivity index (χ0v) is 13.3. The van der Waals surface area contributed by atoms with Crippen LogP contribution >= 0.6 is 0 Å². The van der Waals surface area contributed by atoms with Crippen LogP contribution in [0, 0.1) is 0 Å². The maximum Gasteiger partial charge on any atom is 0.269 e. The van der Waals surface area contributed by atoms with E-state index in [-0.39, 0.29) is 11.7 Å². The van der Waals surface area contributed by atoms with E-state index in [9.17, 15) is 4.79 Å². The van der Waals surface area contributed by atoms with Gasteiger partial charge in [-0.05, 0) is 25.1 Å². The highest BCUT2D eigenvalue weighted by Gasteiger charge is 2.21. The Labute approximate surface area is 143 Å². The molecule has 1 fully saturated rings. The summed E-state index contributed by atoms with van der Waals surface area (Å²) in [5, 5.41) is 19.2. The number of primary amides is 1. The fourth-order valence-electron chi connectivity index (χ4n) is 3.04. The highest BCUT2D eigenvalue weighted by molar-refractivity contribution is 5.97. The number of nitrogens with zero attached hydrogens (tertiary/aromatic N) is 6. The molecule has 4 heterocycles. The SMILES string of the molecule is NC(=O)c1nnccc1-c1cncc(-c2cnnn2[C@H]2CCNC2)c1. The monoisotopic (exact) mass is 336 g/mol. The van der Waals surface area contributed by atoms with E-state index >= 15 is 0 Å². The van der Waals surface area contributed by atoms with Crippen molar-refractivity contribution in [3.8, 4) is 22.4 Å². The summed E-state index contributed by atoms with van der Waals surface area (Å²) in [6.45, 7) is 1.83. The number of aromatic nitrogens is 6. The van der Waals surface area contributed by atoms with Crippen LogP contribution in [0.3, 0.4) is 0 Å². The molecule has 0 aromatic carbocycles. The first-order valence-electron chi connectivity index (χ1n) is 7.92. The molecule has 0 unspecified atom stereocenters. The molecule has 3 aromatic rings. The minimum atomic E-state index is -0.628. The predicted octanol–water partition coefficient (Wildman–Crippen LogP) is 0.430. The number of carbonyl (C=O) groups excluding carboxylic acids is 1. The van der Waals surface area contributed by atoms with Gasteiger partial charge in [0.1, 0.15) is 0 Å². The average Bonchev–Trinajstić information content (AvgIpc) is 3.33. The third kappa shape index (κ3) is 2.85. The molecule has 0 bridgehead atoms. The van der Waals surface area contributed by atoms with Crippen molar-refractivity contribution in [3.63, 3.8) is 0 Å². The molecule has 1 aliphatic rings. The Hall–Kier alpha value is -3.20. The van der Waals surface area contributed by atoms with Crippen molar-refractivity contribution in [3.05, 3.63) is 42.6 Å². The molecule has 0 radical (unpaired) electrons. The van der Waals surface area contributed by atoms with Gasteiger partial charge < -0.3 is 11.1 Å². The maximum absolute atomic E-state index is 11.6. The van der Waals surface area contributed by atoms with Crippen LogP contribution in [-0.4, -0.2) is 49.2 Å². The van der Waals surface area contributed by atoms with E-state index in [0.717, 1.165) is 36.3 Å². The number of nitrogens with two attached hydrogens (primary N) is 1. The molecule has 1 atom stereocenters. The van der Waals surface area contributed by atoms with E-state index in [0.29, 0.717) is 5.56 Å². The predicted molar refractivity (Wildman–Crippen MR) is 89.3 cm³/mol. The van der Waals surface area contributed by atoms with Gasteiger partial charge in [0, 0.05) is 35.6 Å². The maximum atomic E-state index is 11.6. The molecular weight excluding hydrogens is 320 g/mol. The standard InChI is InChI=1S/C16H16N8O/c17-16(25)15-13(2-4-20-22-15)10-5-11(7-19-6-10)14-9-21-23-24(14)12-1-3-18-8-12/h2,4-7,9,12,18H,1,3,8H2,(H2,17,25)/t12-/m0/s1. The zero-order chi connectivity index (χ0) is 17.2. The topological polar surface area (TPSA) is 124 Å². The van der Waals surface area contributed by atoms with Gasteiger partial charge in [0.05, 0.1) is 24.1 Å². The lowest BCUT2D eigenvalue weighted by atomic mass is 10.0. The Kier molecular flexibility index (Phi) is 3.90. The second-order valence-electron chi connectivity index (χ2n) is 5.83. The largest absolute Gasteiger partial charge is 0.364 e. The second-order valence-corrected chi connectivity index (χ2v) is 5.83. The number of pyridine rings is 1. The summed E-state index contributed by atoms with van der Waals surface area (Å²) in [6, 6.07) is 3.89. The Morgan fingerprint density at radius 1 is 1.24 bits per heavy atom. The second kappa shape index (κ2) is 6.36. The first kappa shape index (κ1) is 15.3. The number of hydrogen-bond donors (Lipinski definition) is 2. The summed E-state index contributed by atoms with van der Waals surface area (Å²) >= 11 is 0. The molecule has 3 N–H and O–H groups in total. The van der Waals surface area contributed by atoms with E-state index in [1.165, 1.54) is 6.20 Å². The molecule has 0 aliphatic carbocycles. The molecule has 3 aromatic heterocycles. The van der Waals surface area contributed by atoms with Gasteiger partial charge in [-0.25, -0.2) is 4.68 Å². The number of rotatable bonds is 4. The highest BCUT2D eigenvalue weighted by Crippen LogP contribution is 2.28. The summed E-state index contributed by atoms with van der Waals surface area (Å²) in [6.07, 6.45) is 7.66. The van der Waals surface area contributed by atoms with Gasteiger partial charge >= 0.3 is 0 Å². The summed E-state index contributed by atoms with van der Waals surface area (Å²) < 4.78 is 1.92. The lowest BCUT2D eigenvalue weighted by molar-refractivity contribution is 0.0995. The van der Waals surface area contributed by atoms with Gasteiger partial charge in [0.15, 0.2) is 5.69 Å². The molecule has 4 rings (SSSR count). The van der Waals surface area contributed by atoms with Gasteiger partial charge in [-0.2, -0.15) is 5.10 Å². The molecule has 9 nitrogen and oxygen atoms in total. The third-order valence-electron chi connectivity index (χ3n) is 4.25. The van der Waals surface area contributed by atoms with Crippen molar-refractivity contribution in [1.29, 1.82) is 0 Å². The van der Waals surface area contributed by atoms with Crippen LogP contribution in [0.2, 0.25) is 0 Å². The molecule has 1 aliphatic heterocycles. The normalized spacial score (nSPS) is 16.9. The number of carbonyl (C=O) groups is 1. The van der Waals surface area contributed by atoms with E-state index < -0.39 is 5.91 Å². The first-order chi connectivity index (χ1) is 12.2. The van der Waals surface area contributed by atoms with E-state index in [2.05, 4.69) is 30.8 Å². The number of hydrogen-bond acceptors (Lipinski definition) is 7. The lowest BCUT2D eigenvalue weighted by Gasteiger charge is -2.13. The smallest absolute Gasteiger partial charge is 0.269 e. The van der Waals surface area contributed by atoms with E-state index in [1.54, 1.807) is 24.7 Å². The van der Waals surface area contributed by atoms with Crippen molar-refractivity contribution in [2.45, 2.75) is 12.5 Å². The average molecular weight is 336 g/mol. The van der Waals surface area contributed by atoms with Gasteiger partial charge in [0.25, 0.3) is 5.91 Å². The van der Waals surface area contributed by atoms with Crippen LogP contribution in [0.1, 0.15) is 23.0 Å². The fraction of sp³-hybridized carbons (Fsp3) is 0.250. The molecule has 1 saturated heterocycles. The van der Waals surface area contributed by atoms with Crippen molar-refractivity contribution in [2.75, 3.05) is 13.1 Å². The minimum absolute atomic E-state index is 0.119. The van der Waals surface area contributed by atoms with Crippen LogP contribution in [-0.2, 0) is 0 Å². The molecule has 25 heavy (non-hydrogen) atoms. The Morgan fingerprint density at radius 2 is 2.12 bits per heavy atom. The van der Waals surface area contributed by atoms with Gasteiger partial charge in [0.2, 0.25) is 0 Å². The van der Waals surface area contributed by atoms with Gasteiger partial charge in [-0.3, -0.25) is 9.78 Å². The first-order valence-corrected chi connectivity index (χ1v) is 7.92. The third-order valence-corrected chi connectivity index (χ3v) is 4.25. The van der Waals surface area contributed by atoms with Crippen LogP contribution < -0.4 is 11.1 Å². The molecule has 126 valence electrons. The minimum Gasteiger partial charge on any atom is -0.364 e. The highest BCUT2D eigenvalue weighted by atomic mass is 16.1. The molecule has 0 saturated carbocycles. The van der Waals surface area contributed by atoms with Crippen molar-refractivity contribution >= 4 is 5.91 Å². The molecule has 1 amide bonds. The van der Waals surface area contributed by atoms with Crippen LogP contribution in [0.25, 0.3) is 22.4 Å². The van der Waals surface area contributed by atoms with E-state index in [4.69, 9.17) is 5.73 Å². The fourth-order valence-corrected chi connectivity index (χ4v) is 3.04. The number of amides is 1. The van der Waals surface area contributed by atoms with Crippen molar-refractivity contribution < 1.29 is 4.79 Å². The molecule has 0 spiro atoms. The van der Waals surface area contributed by atoms with Gasteiger partial charge in [-0.1, -0.05) is 5.21 Å². The summed E-state index contributed by atoms with van der Waals surface area (Å²) in [4.78, 5) is 15.9. The summed E-state index contributed by atoms with van der Waals surface area (Å²) in [5.74, 6) is -0.628. The Balaban J connectivity index is 1.77. The summed E-state index contributed by atoms with van der Waals surface area (Å²) in [5.41, 5.74) is 8.59. The molecular formula is C16H16N8O. The zero-order valence-electron chi connectivity index (χ0n) is 13.3.